The maximum absolute atomic E-state index is 13.1. The molecule has 3 rings (SSSR count). The third-order valence-electron chi connectivity index (χ3n) is 5.72. The Hall–Kier alpha value is -2.40. The average molecular weight is 384 g/mol. The molecule has 0 saturated carbocycles. The van der Waals surface area contributed by atoms with E-state index >= 15 is 0 Å². The number of piperazine rings is 1. The lowest BCUT2D eigenvalue weighted by atomic mass is 9.96. The zero-order valence-corrected chi connectivity index (χ0v) is 16.8. The van der Waals surface area contributed by atoms with Crippen LogP contribution in [0.2, 0.25) is 0 Å². The van der Waals surface area contributed by atoms with E-state index in [1.165, 1.54) is 17.7 Å². The second-order valence-electron chi connectivity index (χ2n) is 7.44. The summed E-state index contributed by atoms with van der Waals surface area (Å²) >= 11 is 0. The van der Waals surface area contributed by atoms with Crippen LogP contribution in [0.4, 0.5) is 10.1 Å². The fraction of sp³-hybridized carbons (Fsp3) is 0.435. The second kappa shape index (κ2) is 9.69. The smallest absolute Gasteiger partial charge is 0.237 e. The highest BCUT2D eigenvalue weighted by molar-refractivity contribution is 5.81. The van der Waals surface area contributed by atoms with Crippen molar-refractivity contribution in [2.45, 2.75) is 32.2 Å². The SMILES string of the molecule is CC[C@@H](CNC(=O)[C@@H](C)N1CCN(c2ccc(F)cc2)CC1)c1ccccc1. The molecule has 0 bridgehead atoms. The molecule has 1 heterocycles. The van der Waals surface area contributed by atoms with Crippen molar-refractivity contribution in [3.63, 3.8) is 0 Å². The first-order chi connectivity index (χ1) is 13.6. The Balaban J connectivity index is 1.48. The molecule has 150 valence electrons. The van der Waals surface area contributed by atoms with Gasteiger partial charge < -0.3 is 10.2 Å². The zero-order chi connectivity index (χ0) is 19.9. The first-order valence-electron chi connectivity index (χ1n) is 10.2. The normalized spacial score (nSPS) is 17.2. The van der Waals surface area contributed by atoms with Crippen molar-refractivity contribution in [1.29, 1.82) is 0 Å². The van der Waals surface area contributed by atoms with Crippen LogP contribution in [0.25, 0.3) is 0 Å². The highest BCUT2D eigenvalue weighted by atomic mass is 19.1. The molecule has 0 aliphatic carbocycles. The zero-order valence-electron chi connectivity index (χ0n) is 16.8. The number of amides is 1. The fourth-order valence-electron chi connectivity index (χ4n) is 3.78. The molecule has 0 spiro atoms. The molecular formula is C23H30FN3O. The number of anilines is 1. The number of hydrogen-bond donors (Lipinski definition) is 1. The van der Waals surface area contributed by atoms with Crippen LogP contribution >= 0.6 is 0 Å². The van der Waals surface area contributed by atoms with Crippen molar-refractivity contribution in [3.05, 3.63) is 66.0 Å². The third kappa shape index (κ3) is 5.10. The van der Waals surface area contributed by atoms with E-state index in [1.54, 1.807) is 0 Å². The van der Waals surface area contributed by atoms with Crippen LogP contribution in [-0.2, 0) is 4.79 Å². The molecule has 5 heteroatoms. The maximum atomic E-state index is 13.1. The van der Waals surface area contributed by atoms with Gasteiger partial charge >= 0.3 is 0 Å². The molecule has 4 nitrogen and oxygen atoms in total. The Morgan fingerprint density at radius 1 is 1.04 bits per heavy atom. The molecule has 1 N–H and O–H groups in total. The Labute approximate surface area is 167 Å². The van der Waals surface area contributed by atoms with Crippen molar-refractivity contribution in [3.8, 4) is 0 Å². The first-order valence-corrected chi connectivity index (χ1v) is 10.2. The van der Waals surface area contributed by atoms with Gasteiger partial charge in [-0.15, -0.1) is 0 Å². The number of nitrogens with zero attached hydrogens (tertiary/aromatic N) is 2. The number of nitrogens with one attached hydrogen (secondary N) is 1. The van der Waals surface area contributed by atoms with E-state index in [0.29, 0.717) is 12.5 Å². The van der Waals surface area contributed by atoms with Crippen LogP contribution < -0.4 is 10.2 Å². The summed E-state index contributed by atoms with van der Waals surface area (Å²) in [5.41, 5.74) is 2.30. The predicted molar refractivity (Wildman–Crippen MR) is 112 cm³/mol. The summed E-state index contributed by atoms with van der Waals surface area (Å²) in [7, 11) is 0. The number of benzene rings is 2. The summed E-state index contributed by atoms with van der Waals surface area (Å²) in [5, 5.41) is 3.14. The maximum Gasteiger partial charge on any atom is 0.237 e. The number of carbonyl (C=O) groups is 1. The fourth-order valence-corrected chi connectivity index (χ4v) is 3.78. The first kappa shape index (κ1) is 20.3. The van der Waals surface area contributed by atoms with E-state index in [2.05, 4.69) is 34.2 Å². The molecule has 1 saturated heterocycles. The average Bonchev–Trinajstić information content (AvgIpc) is 2.75. The molecule has 0 radical (unpaired) electrons. The van der Waals surface area contributed by atoms with Crippen LogP contribution in [0.5, 0.6) is 0 Å². The van der Waals surface area contributed by atoms with Crippen molar-refractivity contribution in [2.75, 3.05) is 37.6 Å². The summed E-state index contributed by atoms with van der Waals surface area (Å²) in [4.78, 5) is 17.1. The van der Waals surface area contributed by atoms with Crippen molar-refractivity contribution in [2.24, 2.45) is 0 Å². The molecule has 28 heavy (non-hydrogen) atoms. The minimum Gasteiger partial charge on any atom is -0.369 e. The van der Waals surface area contributed by atoms with Crippen LogP contribution in [0, 0.1) is 5.82 Å². The highest BCUT2D eigenvalue weighted by Crippen LogP contribution is 2.19. The standard InChI is InChI=1S/C23H30FN3O/c1-3-19(20-7-5-4-6-8-20)17-25-23(28)18(2)26-13-15-27(16-14-26)22-11-9-21(24)10-12-22/h4-12,18-19H,3,13-17H2,1-2H3,(H,25,28)/t18-,19+/m1/s1. The summed E-state index contributed by atoms with van der Waals surface area (Å²) in [6, 6.07) is 16.8. The van der Waals surface area contributed by atoms with Gasteiger partial charge in [-0.05, 0) is 43.2 Å². The van der Waals surface area contributed by atoms with Gasteiger partial charge in [-0.2, -0.15) is 0 Å². The number of halogens is 1. The molecule has 2 aromatic rings. The lowest BCUT2D eigenvalue weighted by Crippen LogP contribution is -2.54. The molecule has 0 aromatic heterocycles. The Morgan fingerprint density at radius 3 is 2.29 bits per heavy atom. The van der Waals surface area contributed by atoms with Crippen molar-refractivity contribution in [1.82, 2.24) is 10.2 Å². The molecule has 1 aliphatic rings. The van der Waals surface area contributed by atoms with E-state index < -0.39 is 0 Å². The molecule has 0 unspecified atom stereocenters. The Bertz CT molecular complexity index is 742. The lowest BCUT2D eigenvalue weighted by molar-refractivity contribution is -0.126. The minimum atomic E-state index is -0.214. The van der Waals surface area contributed by atoms with Crippen molar-refractivity contribution < 1.29 is 9.18 Å². The van der Waals surface area contributed by atoms with E-state index in [1.807, 2.05) is 37.3 Å². The second-order valence-corrected chi connectivity index (χ2v) is 7.44. The Kier molecular flexibility index (Phi) is 7.04. The molecular weight excluding hydrogens is 353 g/mol. The summed E-state index contributed by atoms with van der Waals surface area (Å²) in [6.07, 6.45) is 0.995. The number of hydrogen-bond acceptors (Lipinski definition) is 3. The quantitative estimate of drug-likeness (QED) is 0.793. The predicted octanol–water partition coefficient (Wildman–Crippen LogP) is 3.65. The largest absolute Gasteiger partial charge is 0.369 e. The monoisotopic (exact) mass is 383 g/mol. The van der Waals surface area contributed by atoms with Crippen LogP contribution in [0.1, 0.15) is 31.7 Å². The molecule has 2 aromatic carbocycles. The van der Waals surface area contributed by atoms with Crippen LogP contribution in [-0.4, -0.2) is 49.6 Å². The summed E-state index contributed by atoms with van der Waals surface area (Å²) in [6.45, 7) is 8.12. The van der Waals surface area contributed by atoms with Gasteiger partial charge in [0.15, 0.2) is 0 Å². The highest BCUT2D eigenvalue weighted by Gasteiger charge is 2.26. The molecule has 1 aliphatic heterocycles. The number of rotatable bonds is 7. The lowest BCUT2D eigenvalue weighted by Gasteiger charge is -2.38. The van der Waals surface area contributed by atoms with Gasteiger partial charge in [-0.25, -0.2) is 4.39 Å². The molecule has 1 amide bonds. The summed E-state index contributed by atoms with van der Waals surface area (Å²) < 4.78 is 13.1. The van der Waals surface area contributed by atoms with Crippen LogP contribution in [0.3, 0.4) is 0 Å². The van der Waals surface area contributed by atoms with Gasteiger partial charge in [0.1, 0.15) is 5.82 Å². The number of carbonyl (C=O) groups excluding carboxylic acids is 1. The molecule has 2 atom stereocenters. The van der Waals surface area contributed by atoms with Gasteiger partial charge in [-0.3, -0.25) is 9.69 Å². The molecule has 1 fully saturated rings. The van der Waals surface area contributed by atoms with Crippen LogP contribution in [0.15, 0.2) is 54.6 Å². The van der Waals surface area contributed by atoms with Gasteiger partial charge in [0, 0.05) is 44.3 Å². The van der Waals surface area contributed by atoms with E-state index in [9.17, 15) is 9.18 Å². The topological polar surface area (TPSA) is 35.6 Å². The van der Waals surface area contributed by atoms with E-state index in [-0.39, 0.29) is 17.8 Å². The Morgan fingerprint density at radius 2 is 1.68 bits per heavy atom. The van der Waals surface area contributed by atoms with E-state index in [0.717, 1.165) is 38.3 Å². The van der Waals surface area contributed by atoms with Gasteiger partial charge in [0.05, 0.1) is 6.04 Å². The van der Waals surface area contributed by atoms with Gasteiger partial charge in [0.25, 0.3) is 0 Å². The van der Waals surface area contributed by atoms with Gasteiger partial charge in [-0.1, -0.05) is 37.3 Å². The van der Waals surface area contributed by atoms with E-state index in [4.69, 9.17) is 0 Å². The third-order valence-corrected chi connectivity index (χ3v) is 5.72. The van der Waals surface area contributed by atoms with Crippen molar-refractivity contribution >= 4 is 11.6 Å². The minimum absolute atomic E-state index is 0.0876. The summed E-state index contributed by atoms with van der Waals surface area (Å²) in [5.74, 6) is 0.214. The van der Waals surface area contributed by atoms with Gasteiger partial charge in [0.2, 0.25) is 5.91 Å².